The van der Waals surface area contributed by atoms with Crippen LogP contribution in [0.5, 0.6) is 17.2 Å². The Kier molecular flexibility index (Phi) is 6.66. The first-order chi connectivity index (χ1) is 14.5. The molecule has 0 saturated carbocycles. The van der Waals surface area contributed by atoms with E-state index in [1.165, 1.54) is 0 Å². The predicted molar refractivity (Wildman–Crippen MR) is 113 cm³/mol. The summed E-state index contributed by atoms with van der Waals surface area (Å²) < 4.78 is 16.5. The normalized spacial score (nSPS) is 16.0. The molecule has 0 unspecified atom stereocenters. The van der Waals surface area contributed by atoms with Gasteiger partial charge in [-0.25, -0.2) is 0 Å². The molecule has 1 aliphatic heterocycles. The summed E-state index contributed by atoms with van der Waals surface area (Å²) in [5.74, 6) is 1.51. The molecule has 8 nitrogen and oxygen atoms in total. The molecule has 0 radical (unpaired) electrons. The van der Waals surface area contributed by atoms with E-state index >= 15 is 0 Å². The van der Waals surface area contributed by atoms with E-state index in [4.69, 9.17) is 14.2 Å². The second-order valence-corrected chi connectivity index (χ2v) is 6.97. The smallest absolute Gasteiger partial charge is 0.262 e. The van der Waals surface area contributed by atoms with Crippen molar-refractivity contribution in [3.05, 3.63) is 48.0 Å². The van der Waals surface area contributed by atoms with Crippen LogP contribution < -0.4 is 29.7 Å². The van der Waals surface area contributed by atoms with Crippen LogP contribution in [0.15, 0.2) is 42.5 Å². The number of hydrogen-bond acceptors (Lipinski definition) is 6. The lowest BCUT2D eigenvalue weighted by molar-refractivity contribution is -0.127. The molecular formula is C22H27N3O5. The summed E-state index contributed by atoms with van der Waals surface area (Å²) in [5.41, 5.74) is 1.59. The summed E-state index contributed by atoms with van der Waals surface area (Å²) in [7, 11) is 4.74. The lowest BCUT2D eigenvalue weighted by atomic mass is 10.1. The van der Waals surface area contributed by atoms with E-state index in [9.17, 15) is 9.59 Å². The highest BCUT2D eigenvalue weighted by molar-refractivity contribution is 5.86. The van der Waals surface area contributed by atoms with Gasteiger partial charge < -0.3 is 29.7 Å². The van der Waals surface area contributed by atoms with Crippen molar-refractivity contribution in [2.24, 2.45) is 0 Å². The molecule has 2 amide bonds. The zero-order chi connectivity index (χ0) is 21.7. The molecule has 0 aliphatic carbocycles. The third-order valence-electron chi connectivity index (χ3n) is 5.02. The SMILES string of the molecule is CNC(=O)[C@H]1CN(CC(=O)N[C@H](C)c2cc(OC)ccc2OC)c2ccccc2O1. The van der Waals surface area contributed by atoms with E-state index in [1.807, 2.05) is 42.2 Å². The molecular weight excluding hydrogens is 386 g/mol. The first-order valence-corrected chi connectivity index (χ1v) is 9.70. The number of likely N-dealkylation sites (N-methyl/N-ethyl adjacent to an activating group) is 1. The predicted octanol–water partition coefficient (Wildman–Crippen LogP) is 1.89. The van der Waals surface area contributed by atoms with Crippen molar-refractivity contribution in [2.45, 2.75) is 19.1 Å². The van der Waals surface area contributed by atoms with Gasteiger partial charge in [0.05, 0.1) is 39.0 Å². The average molecular weight is 413 g/mol. The minimum absolute atomic E-state index is 0.0878. The summed E-state index contributed by atoms with van der Waals surface area (Å²) >= 11 is 0. The van der Waals surface area contributed by atoms with Crippen molar-refractivity contribution in [2.75, 3.05) is 39.3 Å². The van der Waals surface area contributed by atoms with Gasteiger partial charge in [0.2, 0.25) is 5.91 Å². The maximum Gasteiger partial charge on any atom is 0.262 e. The van der Waals surface area contributed by atoms with Gasteiger partial charge in [0.25, 0.3) is 5.91 Å². The van der Waals surface area contributed by atoms with E-state index in [2.05, 4.69) is 10.6 Å². The van der Waals surface area contributed by atoms with Gasteiger partial charge in [-0.3, -0.25) is 9.59 Å². The van der Waals surface area contributed by atoms with Crippen LogP contribution >= 0.6 is 0 Å². The third-order valence-corrected chi connectivity index (χ3v) is 5.02. The third kappa shape index (κ3) is 4.59. The molecule has 2 atom stereocenters. The highest BCUT2D eigenvalue weighted by atomic mass is 16.5. The fourth-order valence-electron chi connectivity index (χ4n) is 3.47. The summed E-state index contributed by atoms with van der Waals surface area (Å²) in [6.07, 6.45) is -0.686. The maximum absolute atomic E-state index is 12.8. The first-order valence-electron chi connectivity index (χ1n) is 9.70. The number of carbonyl (C=O) groups excluding carboxylic acids is 2. The lowest BCUT2D eigenvalue weighted by Gasteiger charge is -2.35. The monoisotopic (exact) mass is 413 g/mol. The zero-order valence-corrected chi connectivity index (χ0v) is 17.6. The van der Waals surface area contributed by atoms with E-state index in [-0.39, 0.29) is 30.9 Å². The van der Waals surface area contributed by atoms with Crippen LogP contribution in [0.1, 0.15) is 18.5 Å². The van der Waals surface area contributed by atoms with Crippen LogP contribution in [-0.4, -0.2) is 52.3 Å². The van der Waals surface area contributed by atoms with Gasteiger partial charge in [0, 0.05) is 12.6 Å². The van der Waals surface area contributed by atoms with E-state index in [0.29, 0.717) is 17.2 Å². The highest BCUT2D eigenvalue weighted by Crippen LogP contribution is 2.33. The van der Waals surface area contributed by atoms with E-state index in [0.717, 1.165) is 11.3 Å². The fraction of sp³-hybridized carbons (Fsp3) is 0.364. The van der Waals surface area contributed by atoms with Gasteiger partial charge in [0.15, 0.2) is 6.10 Å². The Morgan fingerprint density at radius 3 is 2.67 bits per heavy atom. The summed E-state index contributed by atoms with van der Waals surface area (Å²) in [6.45, 7) is 2.25. The number of carbonyl (C=O) groups is 2. The number of rotatable bonds is 7. The highest BCUT2D eigenvalue weighted by Gasteiger charge is 2.31. The molecule has 3 rings (SSSR count). The second kappa shape index (κ2) is 9.39. The number of nitrogens with one attached hydrogen (secondary N) is 2. The second-order valence-electron chi connectivity index (χ2n) is 6.97. The van der Waals surface area contributed by atoms with Crippen LogP contribution in [-0.2, 0) is 9.59 Å². The molecule has 2 N–H and O–H groups in total. The van der Waals surface area contributed by atoms with Crippen molar-refractivity contribution in [3.8, 4) is 17.2 Å². The van der Waals surface area contributed by atoms with Crippen LogP contribution in [0.4, 0.5) is 5.69 Å². The van der Waals surface area contributed by atoms with Crippen LogP contribution in [0, 0.1) is 0 Å². The Balaban J connectivity index is 1.74. The van der Waals surface area contributed by atoms with Crippen molar-refractivity contribution in [1.29, 1.82) is 0 Å². The molecule has 0 fully saturated rings. The Morgan fingerprint density at radius 2 is 1.97 bits per heavy atom. The molecule has 160 valence electrons. The van der Waals surface area contributed by atoms with Crippen molar-refractivity contribution in [3.63, 3.8) is 0 Å². The van der Waals surface area contributed by atoms with Gasteiger partial charge in [-0.05, 0) is 37.3 Å². The molecule has 1 aliphatic rings. The molecule has 0 bridgehead atoms. The van der Waals surface area contributed by atoms with E-state index < -0.39 is 6.10 Å². The Labute approximate surface area is 176 Å². The summed E-state index contributed by atoms with van der Waals surface area (Å²) in [6, 6.07) is 12.5. The summed E-state index contributed by atoms with van der Waals surface area (Å²) in [5, 5.41) is 5.60. The van der Waals surface area contributed by atoms with Gasteiger partial charge in [-0.1, -0.05) is 12.1 Å². The largest absolute Gasteiger partial charge is 0.497 e. The maximum atomic E-state index is 12.8. The number of nitrogens with zero attached hydrogens (tertiary/aromatic N) is 1. The van der Waals surface area contributed by atoms with Gasteiger partial charge in [-0.2, -0.15) is 0 Å². The Hall–Kier alpha value is -3.42. The molecule has 30 heavy (non-hydrogen) atoms. The number of anilines is 1. The number of fused-ring (bicyclic) bond motifs is 1. The number of amides is 2. The van der Waals surface area contributed by atoms with E-state index in [1.54, 1.807) is 33.4 Å². The Morgan fingerprint density at radius 1 is 1.20 bits per heavy atom. The number of para-hydroxylation sites is 2. The van der Waals surface area contributed by atoms with Crippen LogP contribution in [0.2, 0.25) is 0 Å². The molecule has 2 aromatic carbocycles. The zero-order valence-electron chi connectivity index (χ0n) is 17.6. The van der Waals surface area contributed by atoms with Crippen molar-refractivity contribution in [1.82, 2.24) is 10.6 Å². The first kappa shape index (κ1) is 21.3. The summed E-state index contributed by atoms with van der Waals surface area (Å²) in [4.78, 5) is 26.8. The molecule has 0 spiro atoms. The topological polar surface area (TPSA) is 89.1 Å². The molecule has 8 heteroatoms. The standard InChI is InChI=1S/C22H27N3O5/c1-14(16-11-15(28-3)9-10-18(16)29-4)24-21(26)13-25-12-20(22(27)23-2)30-19-8-6-5-7-17(19)25/h5-11,14,20H,12-13H2,1-4H3,(H,23,27)(H,24,26)/t14-,20-/m1/s1. The molecule has 1 heterocycles. The van der Waals surface area contributed by atoms with Crippen molar-refractivity contribution >= 4 is 17.5 Å². The van der Waals surface area contributed by atoms with Crippen LogP contribution in [0.3, 0.4) is 0 Å². The molecule has 2 aromatic rings. The van der Waals surface area contributed by atoms with Crippen molar-refractivity contribution < 1.29 is 23.8 Å². The number of hydrogen-bond donors (Lipinski definition) is 2. The quantitative estimate of drug-likeness (QED) is 0.721. The van der Waals surface area contributed by atoms with Gasteiger partial charge >= 0.3 is 0 Å². The van der Waals surface area contributed by atoms with Gasteiger partial charge in [0.1, 0.15) is 17.2 Å². The Bertz CT molecular complexity index is 917. The van der Waals surface area contributed by atoms with Gasteiger partial charge in [-0.15, -0.1) is 0 Å². The number of methoxy groups -OCH3 is 2. The lowest BCUT2D eigenvalue weighted by Crippen LogP contribution is -2.50. The van der Waals surface area contributed by atoms with Crippen LogP contribution in [0.25, 0.3) is 0 Å². The minimum atomic E-state index is -0.686. The number of ether oxygens (including phenoxy) is 3. The molecule has 0 aromatic heterocycles. The number of benzene rings is 2. The minimum Gasteiger partial charge on any atom is -0.497 e. The fourth-order valence-corrected chi connectivity index (χ4v) is 3.47. The average Bonchev–Trinajstić information content (AvgIpc) is 2.77. The molecule has 0 saturated heterocycles.